The zero-order valence-electron chi connectivity index (χ0n) is 11.9. The molecule has 22 heavy (non-hydrogen) atoms. The molecule has 1 atom stereocenters. The van der Waals surface area contributed by atoms with E-state index in [1.54, 1.807) is 25.1 Å². The number of thioether (sulfide) groups is 1. The molecule has 7 nitrogen and oxygen atoms in total. The molecule has 0 fully saturated rings. The minimum atomic E-state index is -0.590. The van der Waals surface area contributed by atoms with Gasteiger partial charge in [-0.15, -0.1) is 0 Å². The number of anilines is 1. The van der Waals surface area contributed by atoms with Crippen LogP contribution in [-0.2, 0) is 14.3 Å². The molecule has 0 radical (unpaired) electrons. The van der Waals surface area contributed by atoms with Crippen LogP contribution in [0, 0.1) is 0 Å². The van der Waals surface area contributed by atoms with Crippen LogP contribution < -0.4 is 11.1 Å². The Bertz CT molecular complexity index is 645. The van der Waals surface area contributed by atoms with Gasteiger partial charge in [-0.25, -0.2) is 4.79 Å². The number of benzene rings is 1. The van der Waals surface area contributed by atoms with Crippen LogP contribution in [0.15, 0.2) is 29.3 Å². The summed E-state index contributed by atoms with van der Waals surface area (Å²) in [5.41, 5.74) is 6.24. The molecule has 1 aliphatic heterocycles. The number of amides is 2. The average Bonchev–Trinajstić information content (AvgIpc) is 2.77. The predicted octanol–water partition coefficient (Wildman–Crippen LogP) is 1.15. The van der Waals surface area contributed by atoms with Gasteiger partial charge in [0.05, 0.1) is 12.2 Å². The van der Waals surface area contributed by atoms with Crippen molar-refractivity contribution < 1.29 is 19.1 Å². The molecule has 3 N–H and O–H groups in total. The average molecular weight is 321 g/mol. The van der Waals surface area contributed by atoms with Crippen molar-refractivity contribution in [3.8, 4) is 0 Å². The third kappa shape index (κ3) is 4.08. The molecule has 1 aromatic carbocycles. The number of aliphatic imine (C=N–C) groups is 1. The maximum absolute atomic E-state index is 11.9. The summed E-state index contributed by atoms with van der Waals surface area (Å²) in [6.45, 7) is 1.99. The fraction of sp³-hybridized carbons (Fsp3) is 0.286. The minimum Gasteiger partial charge on any atom is -0.462 e. The van der Waals surface area contributed by atoms with Gasteiger partial charge in [-0.1, -0.05) is 17.8 Å². The van der Waals surface area contributed by atoms with E-state index >= 15 is 0 Å². The van der Waals surface area contributed by atoms with Crippen LogP contribution in [0.5, 0.6) is 0 Å². The van der Waals surface area contributed by atoms with Gasteiger partial charge in [-0.05, 0) is 25.1 Å². The summed E-state index contributed by atoms with van der Waals surface area (Å²) in [6, 6.07) is 6.40. The van der Waals surface area contributed by atoms with E-state index in [1.807, 2.05) is 0 Å². The van der Waals surface area contributed by atoms with Gasteiger partial charge < -0.3 is 15.8 Å². The lowest BCUT2D eigenvalue weighted by atomic mass is 10.2. The van der Waals surface area contributed by atoms with Crippen LogP contribution in [0.2, 0.25) is 0 Å². The van der Waals surface area contributed by atoms with Crippen LogP contribution in [-0.4, -0.2) is 34.8 Å². The standard InChI is InChI=1S/C14H15N3O4S/c1-2-21-13(20)8-4-3-5-9(6-8)16-11(18)7-10-12(19)17-14(15)22-10/h3-6,10H,2,7H2,1H3,(H,16,18)(H2,15,17,19). The number of carbonyl (C=O) groups is 3. The molecular formula is C14H15N3O4S. The molecule has 0 aliphatic carbocycles. The number of nitrogens with one attached hydrogen (secondary N) is 1. The fourth-order valence-corrected chi connectivity index (χ4v) is 2.67. The number of rotatable bonds is 5. The molecule has 0 saturated carbocycles. The van der Waals surface area contributed by atoms with E-state index in [2.05, 4.69) is 10.3 Å². The molecule has 8 heteroatoms. The van der Waals surface area contributed by atoms with Gasteiger partial charge in [0.25, 0.3) is 5.91 Å². The zero-order valence-corrected chi connectivity index (χ0v) is 12.7. The summed E-state index contributed by atoms with van der Waals surface area (Å²) in [7, 11) is 0. The highest BCUT2D eigenvalue weighted by Crippen LogP contribution is 2.23. The number of carbonyl (C=O) groups excluding carboxylic acids is 3. The number of nitrogens with two attached hydrogens (primary N) is 1. The van der Waals surface area contributed by atoms with Gasteiger partial charge in [0, 0.05) is 12.1 Å². The van der Waals surface area contributed by atoms with Crippen LogP contribution >= 0.6 is 11.8 Å². The third-order valence-electron chi connectivity index (χ3n) is 2.79. The molecule has 2 rings (SSSR count). The Kier molecular flexibility index (Phi) is 5.16. The van der Waals surface area contributed by atoms with Crippen LogP contribution in [0.1, 0.15) is 23.7 Å². The van der Waals surface area contributed by atoms with Gasteiger partial charge in [-0.3, -0.25) is 9.59 Å². The zero-order chi connectivity index (χ0) is 16.1. The van der Waals surface area contributed by atoms with Gasteiger partial charge in [-0.2, -0.15) is 4.99 Å². The molecule has 0 spiro atoms. The third-order valence-corrected chi connectivity index (χ3v) is 3.77. The predicted molar refractivity (Wildman–Crippen MR) is 83.7 cm³/mol. The summed E-state index contributed by atoms with van der Waals surface area (Å²) in [5.74, 6) is -1.21. The lowest BCUT2D eigenvalue weighted by molar-refractivity contribution is -0.121. The second kappa shape index (κ2) is 7.08. The summed E-state index contributed by atoms with van der Waals surface area (Å²) in [6.07, 6.45) is -0.0304. The van der Waals surface area contributed by atoms with E-state index in [-0.39, 0.29) is 24.1 Å². The summed E-state index contributed by atoms with van der Waals surface area (Å²) in [4.78, 5) is 38.6. The highest BCUT2D eigenvalue weighted by molar-refractivity contribution is 8.15. The Morgan fingerprint density at radius 2 is 2.23 bits per heavy atom. The quantitative estimate of drug-likeness (QED) is 0.787. The first-order chi connectivity index (χ1) is 10.5. The van der Waals surface area contributed by atoms with E-state index in [9.17, 15) is 14.4 Å². The van der Waals surface area contributed by atoms with Crippen molar-refractivity contribution in [2.75, 3.05) is 11.9 Å². The van der Waals surface area contributed by atoms with Crippen molar-refractivity contribution in [1.82, 2.24) is 0 Å². The van der Waals surface area contributed by atoms with E-state index in [1.165, 1.54) is 6.07 Å². The van der Waals surface area contributed by atoms with Crippen molar-refractivity contribution in [2.24, 2.45) is 10.7 Å². The van der Waals surface area contributed by atoms with Gasteiger partial charge in [0.15, 0.2) is 5.17 Å². The van der Waals surface area contributed by atoms with Crippen molar-refractivity contribution in [3.63, 3.8) is 0 Å². The van der Waals surface area contributed by atoms with Gasteiger partial charge in [0.2, 0.25) is 5.91 Å². The molecule has 0 saturated heterocycles. The molecule has 0 bridgehead atoms. The number of ether oxygens (including phenoxy) is 1. The van der Waals surface area contributed by atoms with Gasteiger partial charge >= 0.3 is 5.97 Å². The molecule has 2 amide bonds. The molecule has 1 unspecified atom stereocenters. The maximum atomic E-state index is 11.9. The Morgan fingerprint density at radius 1 is 1.45 bits per heavy atom. The smallest absolute Gasteiger partial charge is 0.338 e. The van der Waals surface area contributed by atoms with Crippen LogP contribution in [0.25, 0.3) is 0 Å². The molecule has 1 aliphatic rings. The van der Waals surface area contributed by atoms with Crippen LogP contribution in [0.3, 0.4) is 0 Å². The SMILES string of the molecule is CCOC(=O)c1cccc(NC(=O)CC2SC(N)=NC2=O)c1. The van der Waals surface area contributed by atoms with Crippen molar-refractivity contribution in [2.45, 2.75) is 18.6 Å². The van der Waals surface area contributed by atoms with Crippen molar-refractivity contribution >= 4 is 40.4 Å². The number of nitrogens with zero attached hydrogens (tertiary/aromatic N) is 1. The number of hydrogen-bond acceptors (Lipinski definition) is 6. The van der Waals surface area contributed by atoms with E-state index in [4.69, 9.17) is 10.5 Å². The maximum Gasteiger partial charge on any atom is 0.338 e. The van der Waals surface area contributed by atoms with Crippen molar-refractivity contribution in [1.29, 1.82) is 0 Å². The second-order valence-electron chi connectivity index (χ2n) is 4.45. The number of esters is 1. The van der Waals surface area contributed by atoms with Gasteiger partial charge in [0.1, 0.15) is 5.25 Å². The molecule has 0 aromatic heterocycles. The van der Waals surface area contributed by atoms with Crippen molar-refractivity contribution in [3.05, 3.63) is 29.8 Å². The largest absolute Gasteiger partial charge is 0.462 e. The molecular weight excluding hydrogens is 306 g/mol. The summed E-state index contributed by atoms with van der Waals surface area (Å²) < 4.78 is 4.89. The topological polar surface area (TPSA) is 111 Å². The van der Waals surface area contributed by atoms with E-state index in [0.29, 0.717) is 11.3 Å². The lowest BCUT2D eigenvalue weighted by Crippen LogP contribution is -2.21. The second-order valence-corrected chi connectivity index (χ2v) is 5.67. The van der Waals surface area contributed by atoms with E-state index in [0.717, 1.165) is 11.8 Å². The van der Waals surface area contributed by atoms with Crippen LogP contribution in [0.4, 0.5) is 5.69 Å². The first-order valence-corrected chi connectivity index (χ1v) is 7.49. The normalized spacial score (nSPS) is 17.0. The minimum absolute atomic E-state index is 0.0304. The number of hydrogen-bond donors (Lipinski definition) is 2. The Balaban J connectivity index is 1.96. The Morgan fingerprint density at radius 3 is 2.86 bits per heavy atom. The van der Waals surface area contributed by atoms with E-state index < -0.39 is 17.1 Å². The lowest BCUT2D eigenvalue weighted by Gasteiger charge is -2.09. The molecule has 116 valence electrons. The summed E-state index contributed by atoms with van der Waals surface area (Å²) >= 11 is 1.07. The Labute approximate surface area is 131 Å². The monoisotopic (exact) mass is 321 g/mol. The number of amidine groups is 1. The highest BCUT2D eigenvalue weighted by atomic mass is 32.2. The highest BCUT2D eigenvalue weighted by Gasteiger charge is 2.29. The Hall–Kier alpha value is -2.35. The first kappa shape index (κ1) is 16.0. The molecule has 1 heterocycles. The fourth-order valence-electron chi connectivity index (χ4n) is 1.85. The first-order valence-electron chi connectivity index (χ1n) is 6.61. The summed E-state index contributed by atoms with van der Waals surface area (Å²) in [5, 5.41) is 2.22. The molecule has 1 aromatic rings.